The second-order valence-corrected chi connectivity index (χ2v) is 5.35. The molecule has 1 aliphatic heterocycles. The predicted molar refractivity (Wildman–Crippen MR) is 71.5 cm³/mol. The Morgan fingerprint density at radius 1 is 1.22 bits per heavy atom. The van der Waals surface area contributed by atoms with Crippen LogP contribution < -0.4 is 4.74 Å². The van der Waals surface area contributed by atoms with Crippen molar-refractivity contribution in [1.82, 2.24) is 4.90 Å². The molecule has 1 amide bonds. The third kappa shape index (κ3) is 3.49. The van der Waals surface area contributed by atoms with Crippen molar-refractivity contribution < 1.29 is 9.53 Å². The number of piperidine rings is 1. The molecule has 0 aromatic heterocycles. The molecule has 98 valence electrons. The van der Waals surface area contributed by atoms with Gasteiger partial charge in [0.25, 0.3) is 5.91 Å². The number of benzene rings is 1. The van der Waals surface area contributed by atoms with Gasteiger partial charge in [-0.05, 0) is 30.4 Å². The van der Waals surface area contributed by atoms with Crippen LogP contribution in [0.5, 0.6) is 5.75 Å². The summed E-state index contributed by atoms with van der Waals surface area (Å²) in [5, 5.41) is 0. The summed E-state index contributed by atoms with van der Waals surface area (Å²) >= 11 is 0. The Balaban J connectivity index is 1.84. The van der Waals surface area contributed by atoms with Crippen molar-refractivity contribution in [2.75, 3.05) is 19.7 Å². The van der Waals surface area contributed by atoms with E-state index in [0.29, 0.717) is 11.8 Å². The number of hydrogen-bond acceptors (Lipinski definition) is 2. The lowest BCUT2D eigenvalue weighted by Gasteiger charge is -2.34. The lowest BCUT2D eigenvalue weighted by Crippen LogP contribution is -2.44. The summed E-state index contributed by atoms with van der Waals surface area (Å²) in [5.41, 5.74) is 0. The molecular weight excluding hydrogens is 226 g/mol. The molecule has 2 unspecified atom stereocenters. The maximum Gasteiger partial charge on any atom is 0.260 e. The smallest absolute Gasteiger partial charge is 0.260 e. The molecule has 1 fully saturated rings. The highest BCUT2D eigenvalue weighted by Gasteiger charge is 2.25. The zero-order chi connectivity index (χ0) is 13.0. The van der Waals surface area contributed by atoms with Crippen molar-refractivity contribution in [3.8, 4) is 5.75 Å². The molecule has 0 saturated carbocycles. The van der Waals surface area contributed by atoms with E-state index in [0.717, 1.165) is 18.8 Å². The second-order valence-electron chi connectivity index (χ2n) is 5.35. The maximum absolute atomic E-state index is 12.1. The van der Waals surface area contributed by atoms with E-state index in [2.05, 4.69) is 13.8 Å². The third-order valence-electron chi connectivity index (χ3n) is 3.33. The molecule has 1 aromatic carbocycles. The molecule has 1 aliphatic rings. The summed E-state index contributed by atoms with van der Waals surface area (Å²) in [4.78, 5) is 14.0. The van der Waals surface area contributed by atoms with Crippen molar-refractivity contribution in [2.24, 2.45) is 11.8 Å². The predicted octanol–water partition coefficient (Wildman–Crippen LogP) is 2.57. The highest BCUT2D eigenvalue weighted by Crippen LogP contribution is 2.21. The number of amides is 1. The van der Waals surface area contributed by atoms with E-state index in [1.807, 2.05) is 35.2 Å². The molecule has 2 rings (SSSR count). The van der Waals surface area contributed by atoms with Crippen molar-refractivity contribution in [2.45, 2.75) is 20.3 Å². The summed E-state index contributed by atoms with van der Waals surface area (Å²) < 4.78 is 5.50. The van der Waals surface area contributed by atoms with Gasteiger partial charge < -0.3 is 9.64 Å². The van der Waals surface area contributed by atoms with Crippen molar-refractivity contribution in [3.63, 3.8) is 0 Å². The van der Waals surface area contributed by atoms with Crippen molar-refractivity contribution >= 4 is 5.91 Å². The van der Waals surface area contributed by atoms with Gasteiger partial charge >= 0.3 is 0 Å². The van der Waals surface area contributed by atoms with Gasteiger partial charge in [0, 0.05) is 13.1 Å². The SMILES string of the molecule is CC1CC(C)CN(C(=O)COc2ccccc2)C1. The van der Waals surface area contributed by atoms with Crippen LogP contribution in [0.4, 0.5) is 0 Å². The first-order chi connectivity index (χ1) is 8.65. The Morgan fingerprint density at radius 3 is 2.44 bits per heavy atom. The normalized spacial score (nSPS) is 23.8. The fourth-order valence-corrected chi connectivity index (χ4v) is 2.62. The number of rotatable bonds is 3. The van der Waals surface area contributed by atoms with E-state index in [9.17, 15) is 4.79 Å². The van der Waals surface area contributed by atoms with E-state index in [-0.39, 0.29) is 12.5 Å². The summed E-state index contributed by atoms with van der Waals surface area (Å²) in [7, 11) is 0. The van der Waals surface area contributed by atoms with Gasteiger partial charge in [-0.1, -0.05) is 32.0 Å². The van der Waals surface area contributed by atoms with Crippen LogP contribution in [-0.4, -0.2) is 30.5 Å². The van der Waals surface area contributed by atoms with E-state index in [1.54, 1.807) is 0 Å². The maximum atomic E-state index is 12.1. The zero-order valence-corrected chi connectivity index (χ0v) is 11.1. The average Bonchev–Trinajstić information content (AvgIpc) is 2.36. The average molecular weight is 247 g/mol. The Kier molecular flexibility index (Phi) is 4.24. The van der Waals surface area contributed by atoms with E-state index < -0.39 is 0 Å². The quantitative estimate of drug-likeness (QED) is 0.821. The summed E-state index contributed by atoms with van der Waals surface area (Å²) in [5.74, 6) is 2.03. The van der Waals surface area contributed by atoms with E-state index in [4.69, 9.17) is 4.74 Å². The zero-order valence-electron chi connectivity index (χ0n) is 11.1. The van der Waals surface area contributed by atoms with Gasteiger partial charge in [-0.25, -0.2) is 0 Å². The lowest BCUT2D eigenvalue weighted by atomic mass is 9.92. The number of nitrogens with zero attached hydrogens (tertiary/aromatic N) is 1. The summed E-state index contributed by atoms with van der Waals surface area (Å²) in [6.45, 7) is 6.27. The number of ether oxygens (including phenoxy) is 1. The third-order valence-corrected chi connectivity index (χ3v) is 3.33. The molecule has 0 radical (unpaired) electrons. The molecule has 1 heterocycles. The lowest BCUT2D eigenvalue weighted by molar-refractivity contribution is -0.136. The molecular formula is C15H21NO2. The molecule has 18 heavy (non-hydrogen) atoms. The van der Waals surface area contributed by atoms with Crippen LogP contribution in [0.3, 0.4) is 0 Å². The number of hydrogen-bond donors (Lipinski definition) is 0. The van der Waals surface area contributed by atoms with Crippen LogP contribution in [0.2, 0.25) is 0 Å². The second kappa shape index (κ2) is 5.89. The number of para-hydroxylation sites is 1. The van der Waals surface area contributed by atoms with Crippen LogP contribution in [0, 0.1) is 11.8 Å². The summed E-state index contributed by atoms with van der Waals surface area (Å²) in [6, 6.07) is 9.49. The molecule has 0 spiro atoms. The Morgan fingerprint density at radius 2 is 1.83 bits per heavy atom. The standard InChI is InChI=1S/C15H21NO2/c1-12-8-13(2)10-16(9-12)15(17)11-18-14-6-4-3-5-7-14/h3-7,12-13H,8-11H2,1-2H3. The number of likely N-dealkylation sites (tertiary alicyclic amines) is 1. The van der Waals surface area contributed by atoms with Gasteiger partial charge in [0.05, 0.1) is 0 Å². The first-order valence-electron chi connectivity index (χ1n) is 6.60. The van der Waals surface area contributed by atoms with Gasteiger partial charge in [-0.2, -0.15) is 0 Å². The minimum absolute atomic E-state index is 0.0947. The highest BCUT2D eigenvalue weighted by molar-refractivity contribution is 5.77. The van der Waals surface area contributed by atoms with Gasteiger partial charge in [0.15, 0.2) is 6.61 Å². The van der Waals surface area contributed by atoms with Crippen molar-refractivity contribution in [1.29, 1.82) is 0 Å². The fourth-order valence-electron chi connectivity index (χ4n) is 2.62. The minimum atomic E-state index is 0.0947. The van der Waals surface area contributed by atoms with Crippen LogP contribution in [0.1, 0.15) is 20.3 Å². The Labute approximate surface area is 109 Å². The van der Waals surface area contributed by atoms with Gasteiger partial charge in [-0.15, -0.1) is 0 Å². The highest BCUT2D eigenvalue weighted by atomic mass is 16.5. The Bertz CT molecular complexity index is 381. The van der Waals surface area contributed by atoms with Crippen LogP contribution in [0.15, 0.2) is 30.3 Å². The monoisotopic (exact) mass is 247 g/mol. The molecule has 2 atom stereocenters. The largest absolute Gasteiger partial charge is 0.484 e. The first-order valence-corrected chi connectivity index (χ1v) is 6.60. The minimum Gasteiger partial charge on any atom is -0.484 e. The van der Waals surface area contributed by atoms with Crippen LogP contribution in [0.25, 0.3) is 0 Å². The molecule has 0 N–H and O–H groups in total. The van der Waals surface area contributed by atoms with Crippen molar-refractivity contribution in [3.05, 3.63) is 30.3 Å². The van der Waals surface area contributed by atoms with E-state index >= 15 is 0 Å². The molecule has 3 heteroatoms. The van der Waals surface area contributed by atoms with Gasteiger partial charge in [0.2, 0.25) is 0 Å². The fraction of sp³-hybridized carbons (Fsp3) is 0.533. The topological polar surface area (TPSA) is 29.5 Å². The van der Waals surface area contributed by atoms with Crippen LogP contribution in [-0.2, 0) is 4.79 Å². The van der Waals surface area contributed by atoms with Gasteiger partial charge in [-0.3, -0.25) is 4.79 Å². The van der Waals surface area contributed by atoms with E-state index in [1.165, 1.54) is 6.42 Å². The Hall–Kier alpha value is -1.51. The molecule has 0 aliphatic carbocycles. The first kappa shape index (κ1) is 12.9. The molecule has 1 saturated heterocycles. The molecule has 0 bridgehead atoms. The number of carbonyl (C=O) groups excluding carboxylic acids is 1. The number of carbonyl (C=O) groups is 1. The molecule has 3 nitrogen and oxygen atoms in total. The van der Waals surface area contributed by atoms with Crippen LogP contribution >= 0.6 is 0 Å². The van der Waals surface area contributed by atoms with Gasteiger partial charge in [0.1, 0.15) is 5.75 Å². The summed E-state index contributed by atoms with van der Waals surface area (Å²) in [6.07, 6.45) is 1.21. The molecule has 1 aromatic rings.